The molecular weight excluding hydrogens is 322 g/mol. The van der Waals surface area contributed by atoms with Crippen molar-refractivity contribution < 1.29 is 23.7 Å². The monoisotopic (exact) mass is 351 g/mol. The Bertz CT molecular complexity index is 550. The lowest BCUT2D eigenvalue weighted by Crippen LogP contribution is -2.40. The van der Waals surface area contributed by atoms with Gasteiger partial charge in [0.2, 0.25) is 5.75 Å². The number of likely N-dealkylation sites (tertiary alicyclic amines) is 1. The molecule has 2 rings (SSSR count). The normalized spacial score (nSPS) is 17.8. The van der Waals surface area contributed by atoms with Crippen molar-refractivity contribution in [3.63, 3.8) is 0 Å². The van der Waals surface area contributed by atoms with E-state index in [0.29, 0.717) is 30.1 Å². The zero-order valence-electron chi connectivity index (χ0n) is 15.7. The van der Waals surface area contributed by atoms with Crippen molar-refractivity contribution in [2.24, 2.45) is 0 Å². The van der Waals surface area contributed by atoms with E-state index in [2.05, 4.69) is 11.8 Å². The number of piperidine rings is 1. The standard InChI is InChI=1S/C19H29NO5/c1-5-20-10-6-7-15(13-20)25-18(21)9-8-14-11-16(22-2)19(24-4)17(12-14)23-3/h11-12,15H,5-10,13H2,1-4H3. The predicted molar refractivity (Wildman–Crippen MR) is 95.6 cm³/mol. The zero-order valence-corrected chi connectivity index (χ0v) is 15.7. The molecule has 0 saturated carbocycles. The van der Waals surface area contributed by atoms with E-state index in [9.17, 15) is 4.79 Å². The summed E-state index contributed by atoms with van der Waals surface area (Å²) in [6, 6.07) is 3.74. The second kappa shape index (κ2) is 9.51. The molecule has 0 aliphatic carbocycles. The highest BCUT2D eigenvalue weighted by Gasteiger charge is 2.22. The number of nitrogens with zero attached hydrogens (tertiary/aromatic N) is 1. The molecule has 0 spiro atoms. The Kier molecular flexibility index (Phi) is 7.37. The van der Waals surface area contributed by atoms with Crippen LogP contribution in [0.2, 0.25) is 0 Å². The van der Waals surface area contributed by atoms with Gasteiger partial charge in [0.05, 0.1) is 21.3 Å². The first-order valence-corrected chi connectivity index (χ1v) is 8.82. The summed E-state index contributed by atoms with van der Waals surface area (Å²) < 4.78 is 21.6. The zero-order chi connectivity index (χ0) is 18.2. The maximum atomic E-state index is 12.2. The molecule has 6 nitrogen and oxygen atoms in total. The van der Waals surface area contributed by atoms with Gasteiger partial charge in [0.15, 0.2) is 11.5 Å². The van der Waals surface area contributed by atoms with Crippen molar-refractivity contribution in [1.82, 2.24) is 4.90 Å². The van der Waals surface area contributed by atoms with Gasteiger partial charge in [0.1, 0.15) is 6.10 Å². The maximum Gasteiger partial charge on any atom is 0.306 e. The number of carbonyl (C=O) groups excluding carboxylic acids is 1. The van der Waals surface area contributed by atoms with Gasteiger partial charge in [-0.3, -0.25) is 9.69 Å². The van der Waals surface area contributed by atoms with E-state index in [1.807, 2.05) is 12.1 Å². The van der Waals surface area contributed by atoms with Crippen LogP contribution in [-0.2, 0) is 16.0 Å². The lowest BCUT2D eigenvalue weighted by atomic mass is 10.1. The smallest absolute Gasteiger partial charge is 0.306 e. The Morgan fingerprint density at radius 1 is 1.16 bits per heavy atom. The van der Waals surface area contributed by atoms with Crippen molar-refractivity contribution in [2.75, 3.05) is 41.0 Å². The summed E-state index contributed by atoms with van der Waals surface area (Å²) >= 11 is 0. The first-order chi connectivity index (χ1) is 12.1. The van der Waals surface area contributed by atoms with Gasteiger partial charge in [-0.05, 0) is 50.0 Å². The molecule has 1 unspecified atom stereocenters. The molecule has 1 fully saturated rings. The van der Waals surface area contributed by atoms with Crippen LogP contribution in [0.3, 0.4) is 0 Å². The fraction of sp³-hybridized carbons (Fsp3) is 0.632. The number of carbonyl (C=O) groups is 1. The maximum absolute atomic E-state index is 12.2. The highest BCUT2D eigenvalue weighted by Crippen LogP contribution is 2.38. The van der Waals surface area contributed by atoms with Crippen LogP contribution in [0.5, 0.6) is 17.2 Å². The quantitative estimate of drug-likeness (QED) is 0.671. The first kappa shape index (κ1) is 19.4. The number of ether oxygens (including phenoxy) is 4. The van der Waals surface area contributed by atoms with E-state index in [1.54, 1.807) is 21.3 Å². The molecule has 140 valence electrons. The summed E-state index contributed by atoms with van der Waals surface area (Å²) in [6.45, 7) is 5.07. The molecule has 0 amide bonds. The lowest BCUT2D eigenvalue weighted by Gasteiger charge is -2.31. The fourth-order valence-electron chi connectivity index (χ4n) is 3.17. The van der Waals surface area contributed by atoms with Crippen molar-refractivity contribution in [2.45, 2.75) is 38.7 Å². The summed E-state index contributed by atoms with van der Waals surface area (Å²) in [5, 5.41) is 0. The van der Waals surface area contributed by atoms with Gasteiger partial charge < -0.3 is 18.9 Å². The van der Waals surface area contributed by atoms with Crippen LogP contribution in [-0.4, -0.2) is 57.9 Å². The van der Waals surface area contributed by atoms with Gasteiger partial charge in [-0.15, -0.1) is 0 Å². The van der Waals surface area contributed by atoms with Crippen LogP contribution >= 0.6 is 0 Å². The molecule has 25 heavy (non-hydrogen) atoms. The van der Waals surface area contributed by atoms with Gasteiger partial charge in [0.25, 0.3) is 0 Å². The Morgan fingerprint density at radius 2 is 1.84 bits per heavy atom. The van der Waals surface area contributed by atoms with Crippen molar-refractivity contribution in [3.8, 4) is 17.2 Å². The van der Waals surface area contributed by atoms with Crippen LogP contribution in [0.4, 0.5) is 0 Å². The molecule has 1 atom stereocenters. The number of likely N-dealkylation sites (N-methyl/N-ethyl adjacent to an activating group) is 1. The Morgan fingerprint density at radius 3 is 2.40 bits per heavy atom. The number of esters is 1. The van der Waals surface area contributed by atoms with E-state index < -0.39 is 0 Å². The number of hydrogen-bond acceptors (Lipinski definition) is 6. The molecule has 1 saturated heterocycles. The predicted octanol–water partition coefficient (Wildman–Crippen LogP) is 2.67. The lowest BCUT2D eigenvalue weighted by molar-refractivity contribution is -0.151. The average Bonchev–Trinajstić information content (AvgIpc) is 2.65. The summed E-state index contributed by atoms with van der Waals surface area (Å²) in [6.07, 6.45) is 2.95. The third-order valence-corrected chi connectivity index (χ3v) is 4.55. The minimum atomic E-state index is -0.156. The second-order valence-electron chi connectivity index (χ2n) is 6.18. The summed E-state index contributed by atoms with van der Waals surface area (Å²) in [5.74, 6) is 1.59. The van der Waals surface area contributed by atoms with Gasteiger partial charge in [-0.2, -0.15) is 0 Å². The van der Waals surface area contributed by atoms with Crippen LogP contribution < -0.4 is 14.2 Å². The Labute approximate surface area is 150 Å². The van der Waals surface area contributed by atoms with Gasteiger partial charge in [-0.1, -0.05) is 6.92 Å². The number of rotatable bonds is 8. The largest absolute Gasteiger partial charge is 0.493 e. The van der Waals surface area contributed by atoms with Crippen LogP contribution in [0.25, 0.3) is 0 Å². The van der Waals surface area contributed by atoms with Crippen molar-refractivity contribution in [3.05, 3.63) is 17.7 Å². The summed E-state index contributed by atoms with van der Waals surface area (Å²) in [4.78, 5) is 14.5. The average molecular weight is 351 g/mol. The molecule has 1 aromatic rings. The molecule has 1 heterocycles. The van der Waals surface area contributed by atoms with Crippen molar-refractivity contribution >= 4 is 5.97 Å². The van der Waals surface area contributed by atoms with E-state index in [-0.39, 0.29) is 12.1 Å². The third kappa shape index (κ3) is 5.26. The fourth-order valence-corrected chi connectivity index (χ4v) is 3.17. The first-order valence-electron chi connectivity index (χ1n) is 8.82. The molecule has 0 aromatic heterocycles. The molecule has 0 bridgehead atoms. The summed E-state index contributed by atoms with van der Waals surface area (Å²) in [5.41, 5.74) is 0.949. The Hall–Kier alpha value is -1.95. The van der Waals surface area contributed by atoms with E-state index in [4.69, 9.17) is 18.9 Å². The van der Waals surface area contributed by atoms with Crippen LogP contribution in [0.1, 0.15) is 31.7 Å². The number of hydrogen-bond donors (Lipinski definition) is 0. The molecular formula is C19H29NO5. The topological polar surface area (TPSA) is 57.2 Å². The number of aryl methyl sites for hydroxylation is 1. The van der Waals surface area contributed by atoms with Gasteiger partial charge in [-0.25, -0.2) is 0 Å². The molecule has 1 aromatic carbocycles. The SMILES string of the molecule is CCN1CCCC(OC(=O)CCc2cc(OC)c(OC)c(OC)c2)C1. The van der Waals surface area contributed by atoms with Crippen LogP contribution in [0.15, 0.2) is 12.1 Å². The van der Waals surface area contributed by atoms with Crippen LogP contribution in [0, 0.1) is 0 Å². The van der Waals surface area contributed by atoms with E-state index >= 15 is 0 Å². The molecule has 0 N–H and O–H groups in total. The van der Waals surface area contributed by atoms with Gasteiger partial charge in [0, 0.05) is 13.0 Å². The highest BCUT2D eigenvalue weighted by molar-refractivity contribution is 5.70. The number of methoxy groups -OCH3 is 3. The highest BCUT2D eigenvalue weighted by atomic mass is 16.5. The molecule has 0 radical (unpaired) electrons. The summed E-state index contributed by atoms with van der Waals surface area (Å²) in [7, 11) is 4.73. The minimum Gasteiger partial charge on any atom is -0.493 e. The molecule has 1 aliphatic rings. The van der Waals surface area contributed by atoms with Crippen molar-refractivity contribution in [1.29, 1.82) is 0 Å². The third-order valence-electron chi connectivity index (χ3n) is 4.55. The second-order valence-corrected chi connectivity index (χ2v) is 6.18. The minimum absolute atomic E-state index is 0.0149. The number of benzene rings is 1. The van der Waals surface area contributed by atoms with E-state index in [0.717, 1.165) is 38.0 Å². The van der Waals surface area contributed by atoms with E-state index in [1.165, 1.54) is 0 Å². The Balaban J connectivity index is 1.93. The van der Waals surface area contributed by atoms with Gasteiger partial charge >= 0.3 is 5.97 Å². The molecule has 1 aliphatic heterocycles. The molecule has 6 heteroatoms.